The molecule has 0 aliphatic carbocycles. The molecule has 0 saturated carbocycles. The van der Waals surface area contributed by atoms with Gasteiger partial charge in [0, 0.05) is 18.1 Å². The number of sulfone groups is 1. The number of esters is 1. The Kier molecular flexibility index (Phi) is 11.2. The van der Waals surface area contributed by atoms with E-state index in [1.807, 2.05) is 26.0 Å². The average Bonchev–Trinajstić information content (AvgIpc) is 2.81. The minimum absolute atomic E-state index is 0.0301. The molecule has 0 saturated heterocycles. The lowest BCUT2D eigenvalue weighted by atomic mass is 9.78. The van der Waals surface area contributed by atoms with Gasteiger partial charge in [0.1, 0.15) is 31.2 Å². The lowest BCUT2D eigenvalue weighted by Crippen LogP contribution is -2.32. The number of aliphatic hydroxyl groups is 1. The van der Waals surface area contributed by atoms with Gasteiger partial charge in [-0.15, -0.1) is 11.6 Å². The highest BCUT2D eigenvalue weighted by Gasteiger charge is 2.26. The minimum atomic E-state index is -3.35. The number of halogens is 3. The van der Waals surface area contributed by atoms with Crippen LogP contribution in [-0.2, 0) is 24.8 Å². The lowest BCUT2D eigenvalue weighted by molar-refractivity contribution is -0.146. The van der Waals surface area contributed by atoms with Gasteiger partial charge in [-0.2, -0.15) is 0 Å². The fourth-order valence-electron chi connectivity index (χ4n) is 3.36. The molecule has 0 aromatic heterocycles. The predicted octanol–water partition coefficient (Wildman–Crippen LogP) is 5.04. The van der Waals surface area contributed by atoms with Gasteiger partial charge in [0.2, 0.25) is 0 Å². The molecule has 0 aliphatic rings. The van der Waals surface area contributed by atoms with Crippen molar-refractivity contribution in [2.24, 2.45) is 0 Å². The van der Waals surface area contributed by atoms with Crippen LogP contribution in [0.1, 0.15) is 38.8 Å². The number of ether oxygens (including phenoxy) is 3. The van der Waals surface area contributed by atoms with Crippen LogP contribution in [0.4, 0.5) is 0 Å². The van der Waals surface area contributed by atoms with E-state index in [4.69, 9.17) is 49.0 Å². The normalized spacial score (nSPS) is 13.7. The number of alkyl halides is 1. The highest BCUT2D eigenvalue weighted by molar-refractivity contribution is 7.91. The molecule has 0 spiro atoms. The van der Waals surface area contributed by atoms with Crippen molar-refractivity contribution in [1.29, 1.82) is 0 Å². The van der Waals surface area contributed by atoms with E-state index < -0.39 is 33.4 Å². The number of hydrogen-bond acceptors (Lipinski definition) is 7. The molecule has 36 heavy (non-hydrogen) atoms. The molecule has 0 aliphatic heterocycles. The van der Waals surface area contributed by atoms with Gasteiger partial charge in [-0.1, -0.05) is 56.1 Å². The highest BCUT2D eigenvalue weighted by Crippen LogP contribution is 2.40. The van der Waals surface area contributed by atoms with Gasteiger partial charge in [-0.05, 0) is 35.4 Å². The first-order chi connectivity index (χ1) is 16.8. The van der Waals surface area contributed by atoms with E-state index in [-0.39, 0.29) is 36.3 Å². The van der Waals surface area contributed by atoms with Crippen molar-refractivity contribution in [2.75, 3.05) is 30.6 Å². The molecular weight excluding hydrogens is 551 g/mol. The molecule has 0 unspecified atom stereocenters. The quantitative estimate of drug-likeness (QED) is 0.261. The molecule has 2 atom stereocenters. The Hall–Kier alpha value is -1.71. The molecule has 1 N–H and O–H groups in total. The first-order valence-corrected chi connectivity index (χ1v) is 14.4. The van der Waals surface area contributed by atoms with E-state index >= 15 is 0 Å². The summed E-state index contributed by atoms with van der Waals surface area (Å²) >= 11 is 18.4. The van der Waals surface area contributed by atoms with Crippen LogP contribution in [0.3, 0.4) is 0 Å². The van der Waals surface area contributed by atoms with Gasteiger partial charge in [0.05, 0.1) is 21.7 Å². The molecule has 0 fully saturated rings. The molecule has 0 radical (unpaired) electrons. The maximum absolute atomic E-state index is 12.0. The first-order valence-electron chi connectivity index (χ1n) is 11.3. The third-order valence-corrected chi connectivity index (χ3v) is 8.22. The summed E-state index contributed by atoms with van der Waals surface area (Å²) in [6, 6.07) is 10.8. The topological polar surface area (TPSA) is 99.1 Å². The maximum atomic E-state index is 12.0. The Morgan fingerprint density at radius 2 is 1.61 bits per heavy atom. The summed E-state index contributed by atoms with van der Waals surface area (Å²) in [5.74, 6) is -0.124. The Balaban J connectivity index is 2.16. The zero-order valence-electron chi connectivity index (χ0n) is 20.6. The second-order valence-electron chi connectivity index (χ2n) is 8.78. The highest BCUT2D eigenvalue weighted by atomic mass is 35.5. The van der Waals surface area contributed by atoms with Crippen molar-refractivity contribution >= 4 is 50.6 Å². The fraction of sp³-hybridized carbons (Fsp3) is 0.480. The van der Waals surface area contributed by atoms with Crippen molar-refractivity contribution in [3.8, 4) is 11.5 Å². The van der Waals surface area contributed by atoms with Crippen LogP contribution in [0.5, 0.6) is 11.5 Å². The average molecular weight is 582 g/mol. The zero-order chi connectivity index (χ0) is 27.1. The second-order valence-corrected chi connectivity index (χ2v) is 12.3. The molecule has 200 valence electrons. The van der Waals surface area contributed by atoms with Crippen LogP contribution in [0.15, 0.2) is 36.4 Å². The largest absolute Gasteiger partial charge is 0.490 e. The molecule has 11 heteroatoms. The standard InChI is InChI=1S/C25H31Cl3O7S/c1-5-36(31,32)15-21(35-16(2)29)14-33-20-8-6-17(7-9-20)25(3,4)18-10-22(27)24(23(28)11-18)34-13-19(30)12-26/h6-11,19,21,30H,5,12-15H2,1-4H3/t19-,21+/m0/s1. The number of hydrogen-bond donors (Lipinski definition) is 1. The smallest absolute Gasteiger partial charge is 0.303 e. The third kappa shape index (κ3) is 8.70. The summed E-state index contributed by atoms with van der Waals surface area (Å²) in [5.41, 5.74) is 1.30. The molecule has 2 rings (SSSR count). The Bertz CT molecular complexity index is 1110. The van der Waals surface area contributed by atoms with Crippen molar-refractivity contribution in [3.05, 3.63) is 57.6 Å². The van der Waals surface area contributed by atoms with E-state index in [0.717, 1.165) is 11.1 Å². The van der Waals surface area contributed by atoms with Crippen molar-refractivity contribution in [2.45, 2.75) is 45.3 Å². The van der Waals surface area contributed by atoms with Gasteiger partial charge in [-0.3, -0.25) is 4.79 Å². The van der Waals surface area contributed by atoms with E-state index in [1.54, 1.807) is 24.3 Å². The molecule has 0 bridgehead atoms. The second kappa shape index (κ2) is 13.2. The van der Waals surface area contributed by atoms with Crippen LogP contribution in [-0.4, -0.2) is 62.3 Å². The third-order valence-electron chi connectivity index (χ3n) is 5.54. The van der Waals surface area contributed by atoms with E-state index in [1.165, 1.54) is 13.8 Å². The lowest BCUT2D eigenvalue weighted by Gasteiger charge is -2.27. The van der Waals surface area contributed by atoms with E-state index in [9.17, 15) is 18.3 Å². The fourth-order valence-corrected chi connectivity index (χ4v) is 5.01. The summed E-state index contributed by atoms with van der Waals surface area (Å²) in [5, 5.41) is 10.2. The molecule has 2 aromatic carbocycles. The Labute approximate surface area is 227 Å². The van der Waals surface area contributed by atoms with Gasteiger partial charge >= 0.3 is 5.97 Å². The summed E-state index contributed by atoms with van der Waals surface area (Å²) in [4.78, 5) is 11.4. The van der Waals surface area contributed by atoms with Crippen LogP contribution in [0.2, 0.25) is 10.0 Å². The van der Waals surface area contributed by atoms with Crippen molar-refractivity contribution < 1.29 is 32.5 Å². The van der Waals surface area contributed by atoms with Gasteiger partial charge in [0.15, 0.2) is 15.6 Å². The van der Waals surface area contributed by atoms with E-state index in [0.29, 0.717) is 15.8 Å². The molecule has 7 nitrogen and oxygen atoms in total. The summed E-state index contributed by atoms with van der Waals surface area (Å²) in [6.45, 7) is 6.66. The van der Waals surface area contributed by atoms with Crippen LogP contribution < -0.4 is 9.47 Å². The predicted molar refractivity (Wildman–Crippen MR) is 143 cm³/mol. The SMILES string of the molecule is CCS(=O)(=O)C[C@@H](COc1ccc(C(C)(C)c2cc(Cl)c(OC[C@@H](O)CCl)c(Cl)c2)cc1)OC(C)=O. The van der Waals surface area contributed by atoms with Crippen molar-refractivity contribution in [1.82, 2.24) is 0 Å². The van der Waals surface area contributed by atoms with Crippen LogP contribution in [0.25, 0.3) is 0 Å². The summed E-state index contributed by atoms with van der Waals surface area (Å²) in [7, 11) is -3.35. The van der Waals surface area contributed by atoms with E-state index in [2.05, 4.69) is 0 Å². The molecule has 2 aromatic rings. The zero-order valence-corrected chi connectivity index (χ0v) is 23.7. The summed E-state index contributed by atoms with van der Waals surface area (Å²) < 4.78 is 40.3. The number of aliphatic hydroxyl groups excluding tert-OH is 1. The Morgan fingerprint density at radius 1 is 1.03 bits per heavy atom. The monoisotopic (exact) mass is 580 g/mol. The maximum Gasteiger partial charge on any atom is 0.303 e. The van der Waals surface area contributed by atoms with Crippen LogP contribution >= 0.6 is 34.8 Å². The van der Waals surface area contributed by atoms with Crippen molar-refractivity contribution in [3.63, 3.8) is 0 Å². The number of rotatable bonds is 13. The molecule has 0 heterocycles. The number of carbonyl (C=O) groups is 1. The minimum Gasteiger partial charge on any atom is -0.490 e. The summed E-state index contributed by atoms with van der Waals surface area (Å²) in [6.07, 6.45) is -1.74. The number of carbonyl (C=O) groups excluding carboxylic acids is 1. The van der Waals surface area contributed by atoms with Gasteiger partial charge < -0.3 is 19.3 Å². The Morgan fingerprint density at radius 3 is 2.11 bits per heavy atom. The van der Waals surface area contributed by atoms with Gasteiger partial charge in [-0.25, -0.2) is 8.42 Å². The number of benzene rings is 2. The molecular formula is C25H31Cl3O7S. The molecule has 0 amide bonds. The van der Waals surface area contributed by atoms with Gasteiger partial charge in [0.25, 0.3) is 0 Å². The van der Waals surface area contributed by atoms with Crippen LogP contribution in [0, 0.1) is 0 Å². The first kappa shape index (κ1) is 30.5.